The number of aliphatic hydroxyl groups excluding tert-OH is 1. The van der Waals surface area contributed by atoms with Crippen molar-refractivity contribution in [3.05, 3.63) is 59.8 Å². The van der Waals surface area contributed by atoms with Gasteiger partial charge in [-0.05, 0) is 25.1 Å². The SMILES string of the molecule is C[C@@H](NCC(O)c1ccco1)c1ccccc1F. The highest BCUT2D eigenvalue weighted by Gasteiger charge is 2.14. The minimum absolute atomic E-state index is 0.171. The van der Waals surface area contributed by atoms with Crippen molar-refractivity contribution in [1.29, 1.82) is 0 Å². The molecule has 1 heterocycles. The number of benzene rings is 1. The Morgan fingerprint density at radius 1 is 1.28 bits per heavy atom. The molecule has 1 aromatic heterocycles. The largest absolute Gasteiger partial charge is 0.467 e. The first-order chi connectivity index (χ1) is 8.68. The molecule has 0 spiro atoms. The van der Waals surface area contributed by atoms with Gasteiger partial charge in [0.1, 0.15) is 17.7 Å². The fourth-order valence-corrected chi connectivity index (χ4v) is 1.81. The average molecular weight is 249 g/mol. The van der Waals surface area contributed by atoms with E-state index in [4.69, 9.17) is 4.42 Å². The van der Waals surface area contributed by atoms with E-state index in [9.17, 15) is 9.50 Å². The minimum atomic E-state index is -0.728. The van der Waals surface area contributed by atoms with E-state index in [1.54, 1.807) is 30.3 Å². The summed E-state index contributed by atoms with van der Waals surface area (Å²) in [5.41, 5.74) is 0.587. The van der Waals surface area contributed by atoms with Crippen molar-refractivity contribution in [3.8, 4) is 0 Å². The van der Waals surface area contributed by atoms with Crippen molar-refractivity contribution in [2.45, 2.75) is 19.1 Å². The van der Waals surface area contributed by atoms with Gasteiger partial charge in [-0.1, -0.05) is 18.2 Å². The second kappa shape index (κ2) is 5.80. The van der Waals surface area contributed by atoms with E-state index in [1.807, 2.05) is 6.92 Å². The maximum Gasteiger partial charge on any atom is 0.133 e. The van der Waals surface area contributed by atoms with Gasteiger partial charge in [0.05, 0.1) is 6.26 Å². The molecule has 96 valence electrons. The van der Waals surface area contributed by atoms with Crippen LogP contribution in [0.2, 0.25) is 0 Å². The molecule has 0 fully saturated rings. The van der Waals surface area contributed by atoms with Crippen molar-refractivity contribution in [3.63, 3.8) is 0 Å². The second-order valence-corrected chi connectivity index (χ2v) is 4.18. The lowest BCUT2D eigenvalue weighted by Crippen LogP contribution is -2.25. The Kier molecular flexibility index (Phi) is 4.12. The van der Waals surface area contributed by atoms with Crippen LogP contribution < -0.4 is 5.32 Å². The van der Waals surface area contributed by atoms with Gasteiger partial charge in [0.15, 0.2) is 0 Å². The van der Waals surface area contributed by atoms with Crippen LogP contribution in [-0.2, 0) is 0 Å². The first-order valence-corrected chi connectivity index (χ1v) is 5.87. The molecule has 2 atom stereocenters. The number of hydrogen-bond acceptors (Lipinski definition) is 3. The number of halogens is 1. The van der Waals surface area contributed by atoms with Crippen LogP contribution in [0.25, 0.3) is 0 Å². The number of aliphatic hydroxyl groups is 1. The summed E-state index contributed by atoms with van der Waals surface area (Å²) < 4.78 is 18.6. The van der Waals surface area contributed by atoms with Crippen molar-refractivity contribution in [2.24, 2.45) is 0 Å². The van der Waals surface area contributed by atoms with Crippen LogP contribution in [0.4, 0.5) is 4.39 Å². The summed E-state index contributed by atoms with van der Waals surface area (Å²) in [4.78, 5) is 0. The number of rotatable bonds is 5. The standard InChI is InChI=1S/C14H16FNO2/c1-10(11-5-2-3-6-12(11)15)16-9-13(17)14-7-4-8-18-14/h2-8,10,13,16-17H,9H2,1H3/t10-,13?/m1/s1. The molecule has 0 saturated heterocycles. The fourth-order valence-electron chi connectivity index (χ4n) is 1.81. The van der Waals surface area contributed by atoms with Gasteiger partial charge < -0.3 is 14.8 Å². The van der Waals surface area contributed by atoms with Crippen molar-refractivity contribution >= 4 is 0 Å². The lowest BCUT2D eigenvalue weighted by molar-refractivity contribution is 0.144. The molecule has 2 N–H and O–H groups in total. The highest BCUT2D eigenvalue weighted by molar-refractivity contribution is 5.20. The summed E-state index contributed by atoms with van der Waals surface area (Å²) in [6, 6.07) is 9.86. The Labute approximate surface area is 105 Å². The van der Waals surface area contributed by atoms with Gasteiger partial charge >= 0.3 is 0 Å². The Bertz CT molecular complexity index is 484. The van der Waals surface area contributed by atoms with Gasteiger partial charge in [-0.15, -0.1) is 0 Å². The number of hydrogen-bond donors (Lipinski definition) is 2. The van der Waals surface area contributed by atoms with Gasteiger partial charge in [-0.2, -0.15) is 0 Å². The Morgan fingerprint density at radius 2 is 2.06 bits per heavy atom. The normalized spacial score (nSPS) is 14.4. The monoisotopic (exact) mass is 249 g/mol. The molecule has 1 unspecified atom stereocenters. The van der Waals surface area contributed by atoms with Crippen molar-refractivity contribution < 1.29 is 13.9 Å². The topological polar surface area (TPSA) is 45.4 Å². The molecule has 2 aromatic rings. The van der Waals surface area contributed by atoms with E-state index in [-0.39, 0.29) is 11.9 Å². The van der Waals surface area contributed by atoms with Gasteiger partial charge in [-0.25, -0.2) is 4.39 Å². The molecule has 0 aliphatic rings. The Hall–Kier alpha value is -1.65. The average Bonchev–Trinajstić information content (AvgIpc) is 2.90. The number of nitrogens with one attached hydrogen (secondary N) is 1. The van der Waals surface area contributed by atoms with E-state index in [0.717, 1.165) is 0 Å². The fraction of sp³-hybridized carbons (Fsp3) is 0.286. The summed E-state index contributed by atoms with van der Waals surface area (Å²) in [5, 5.41) is 12.9. The molecular formula is C14H16FNO2. The summed E-state index contributed by atoms with van der Waals surface area (Å²) in [6.45, 7) is 2.16. The van der Waals surface area contributed by atoms with E-state index in [2.05, 4.69) is 5.32 Å². The van der Waals surface area contributed by atoms with Gasteiger partial charge in [-0.3, -0.25) is 0 Å². The van der Waals surface area contributed by atoms with Crippen LogP contribution in [0.1, 0.15) is 30.4 Å². The predicted molar refractivity (Wildman–Crippen MR) is 66.5 cm³/mol. The molecule has 1 aromatic carbocycles. The summed E-state index contributed by atoms with van der Waals surface area (Å²) in [5.74, 6) is 0.258. The lowest BCUT2D eigenvalue weighted by atomic mass is 10.1. The van der Waals surface area contributed by atoms with Crippen LogP contribution >= 0.6 is 0 Å². The van der Waals surface area contributed by atoms with Crippen molar-refractivity contribution in [1.82, 2.24) is 5.32 Å². The second-order valence-electron chi connectivity index (χ2n) is 4.18. The molecule has 2 rings (SSSR count). The lowest BCUT2D eigenvalue weighted by Gasteiger charge is -2.17. The van der Waals surface area contributed by atoms with Gasteiger partial charge in [0.25, 0.3) is 0 Å². The van der Waals surface area contributed by atoms with E-state index >= 15 is 0 Å². The highest BCUT2D eigenvalue weighted by Crippen LogP contribution is 2.18. The first-order valence-electron chi connectivity index (χ1n) is 5.87. The molecule has 0 aliphatic carbocycles. The van der Waals surface area contributed by atoms with Gasteiger partial charge in [0, 0.05) is 18.2 Å². The Balaban J connectivity index is 1.93. The van der Waals surface area contributed by atoms with Crippen molar-refractivity contribution in [2.75, 3.05) is 6.54 Å². The third-order valence-corrected chi connectivity index (χ3v) is 2.86. The maximum atomic E-state index is 13.5. The zero-order valence-electron chi connectivity index (χ0n) is 10.1. The molecule has 4 heteroatoms. The molecule has 0 amide bonds. The smallest absolute Gasteiger partial charge is 0.133 e. The van der Waals surface area contributed by atoms with Crippen LogP contribution in [0, 0.1) is 5.82 Å². The predicted octanol–water partition coefficient (Wildman–Crippen LogP) is 2.80. The quantitative estimate of drug-likeness (QED) is 0.856. The molecule has 3 nitrogen and oxygen atoms in total. The van der Waals surface area contributed by atoms with E-state index in [0.29, 0.717) is 17.9 Å². The first kappa shape index (κ1) is 12.8. The summed E-state index contributed by atoms with van der Waals surface area (Å²) in [7, 11) is 0. The van der Waals surface area contributed by atoms with E-state index < -0.39 is 6.10 Å². The minimum Gasteiger partial charge on any atom is -0.467 e. The summed E-state index contributed by atoms with van der Waals surface area (Å²) >= 11 is 0. The molecular weight excluding hydrogens is 233 g/mol. The van der Waals surface area contributed by atoms with Gasteiger partial charge in [0.2, 0.25) is 0 Å². The zero-order chi connectivity index (χ0) is 13.0. The van der Waals surface area contributed by atoms with E-state index in [1.165, 1.54) is 12.3 Å². The molecule has 0 saturated carbocycles. The van der Waals surface area contributed by atoms with Crippen LogP contribution in [0.3, 0.4) is 0 Å². The number of furan rings is 1. The maximum absolute atomic E-state index is 13.5. The highest BCUT2D eigenvalue weighted by atomic mass is 19.1. The molecule has 0 radical (unpaired) electrons. The molecule has 0 aliphatic heterocycles. The van der Waals surface area contributed by atoms with Crippen LogP contribution in [0.5, 0.6) is 0 Å². The van der Waals surface area contributed by atoms with Crippen LogP contribution in [0.15, 0.2) is 47.1 Å². The summed E-state index contributed by atoms with van der Waals surface area (Å²) in [6.07, 6.45) is 0.785. The Morgan fingerprint density at radius 3 is 2.72 bits per heavy atom. The molecule has 18 heavy (non-hydrogen) atoms. The third kappa shape index (κ3) is 2.97. The zero-order valence-corrected chi connectivity index (χ0v) is 10.1. The van der Waals surface area contributed by atoms with Crippen LogP contribution in [-0.4, -0.2) is 11.7 Å². The molecule has 0 bridgehead atoms. The third-order valence-electron chi connectivity index (χ3n) is 2.86.